The Labute approximate surface area is 111 Å². The number of hydrogen-bond acceptors (Lipinski definition) is 4. The second kappa shape index (κ2) is 4.65. The number of hydrogen-bond donors (Lipinski definition) is 2. The third-order valence-corrected chi connectivity index (χ3v) is 3.10. The number of nitrogen functional groups attached to an aromatic ring is 1. The summed E-state index contributed by atoms with van der Waals surface area (Å²) in [4.78, 5) is 4.29. The molecule has 19 heavy (non-hydrogen) atoms. The third-order valence-electron chi connectivity index (χ3n) is 3.10. The van der Waals surface area contributed by atoms with E-state index in [1.54, 1.807) is 6.26 Å². The Balaban J connectivity index is 1.98. The van der Waals surface area contributed by atoms with Gasteiger partial charge in [0, 0.05) is 34.0 Å². The fourth-order valence-electron chi connectivity index (χ4n) is 2.12. The maximum absolute atomic E-state index is 5.98. The number of aryl methyl sites for hydroxylation is 1. The molecule has 1 aromatic carbocycles. The van der Waals surface area contributed by atoms with E-state index < -0.39 is 0 Å². The molecule has 0 aliphatic heterocycles. The van der Waals surface area contributed by atoms with Gasteiger partial charge in [-0.1, -0.05) is 0 Å². The van der Waals surface area contributed by atoms with Crippen LogP contribution in [0.25, 0.3) is 10.8 Å². The van der Waals surface area contributed by atoms with Crippen LogP contribution in [-0.2, 0) is 6.54 Å². The molecule has 0 aliphatic carbocycles. The maximum atomic E-state index is 5.98. The molecule has 3 N–H and O–H groups in total. The van der Waals surface area contributed by atoms with Crippen molar-refractivity contribution in [3.63, 3.8) is 0 Å². The zero-order valence-electron chi connectivity index (χ0n) is 10.7. The van der Waals surface area contributed by atoms with Gasteiger partial charge in [-0.2, -0.15) is 0 Å². The normalized spacial score (nSPS) is 10.8. The molecule has 0 atom stereocenters. The Morgan fingerprint density at radius 1 is 1.26 bits per heavy atom. The van der Waals surface area contributed by atoms with Gasteiger partial charge >= 0.3 is 0 Å². The molecule has 0 saturated heterocycles. The Kier molecular flexibility index (Phi) is 2.83. The molecule has 96 valence electrons. The zero-order chi connectivity index (χ0) is 13.2. The average molecular weight is 253 g/mol. The molecule has 0 unspecified atom stereocenters. The van der Waals surface area contributed by atoms with Crippen LogP contribution in [0.1, 0.15) is 11.5 Å². The summed E-state index contributed by atoms with van der Waals surface area (Å²) in [5.41, 5.74) is 8.73. The molecule has 2 aromatic heterocycles. The molecule has 4 heteroatoms. The van der Waals surface area contributed by atoms with Crippen molar-refractivity contribution in [1.82, 2.24) is 4.98 Å². The van der Waals surface area contributed by atoms with Gasteiger partial charge in [-0.25, -0.2) is 0 Å². The first-order valence-corrected chi connectivity index (χ1v) is 6.15. The van der Waals surface area contributed by atoms with E-state index in [9.17, 15) is 0 Å². The van der Waals surface area contributed by atoms with Crippen molar-refractivity contribution in [2.75, 3.05) is 11.1 Å². The first-order valence-electron chi connectivity index (χ1n) is 6.15. The van der Waals surface area contributed by atoms with E-state index in [0.717, 1.165) is 33.6 Å². The highest BCUT2D eigenvalue weighted by molar-refractivity contribution is 6.00. The van der Waals surface area contributed by atoms with Crippen LogP contribution < -0.4 is 11.1 Å². The molecule has 0 spiro atoms. The smallest absolute Gasteiger partial charge is 0.122 e. The lowest BCUT2D eigenvalue weighted by molar-refractivity contribution is 0.518. The van der Waals surface area contributed by atoms with Crippen molar-refractivity contribution < 1.29 is 4.42 Å². The average Bonchev–Trinajstić information content (AvgIpc) is 2.91. The van der Waals surface area contributed by atoms with Crippen molar-refractivity contribution in [3.8, 4) is 0 Å². The number of aromatic nitrogens is 1. The van der Waals surface area contributed by atoms with Crippen molar-refractivity contribution >= 4 is 22.1 Å². The maximum Gasteiger partial charge on any atom is 0.122 e. The van der Waals surface area contributed by atoms with Crippen LogP contribution in [0.4, 0.5) is 11.4 Å². The molecular formula is C15H15N3O. The van der Waals surface area contributed by atoms with Gasteiger partial charge in [-0.05, 0) is 37.3 Å². The number of nitrogens with one attached hydrogen (secondary N) is 1. The van der Waals surface area contributed by atoms with Crippen LogP contribution in [0.3, 0.4) is 0 Å². The first-order chi connectivity index (χ1) is 9.24. The van der Waals surface area contributed by atoms with Crippen LogP contribution in [0.15, 0.2) is 47.2 Å². The van der Waals surface area contributed by atoms with E-state index in [2.05, 4.69) is 10.3 Å². The number of benzene rings is 1. The van der Waals surface area contributed by atoms with Gasteiger partial charge in [0.15, 0.2) is 0 Å². The molecule has 3 rings (SSSR count). The number of rotatable bonds is 3. The summed E-state index contributed by atoms with van der Waals surface area (Å²) < 4.78 is 5.32. The predicted molar refractivity (Wildman–Crippen MR) is 76.9 cm³/mol. The van der Waals surface area contributed by atoms with E-state index in [4.69, 9.17) is 10.2 Å². The third kappa shape index (κ3) is 2.25. The molecule has 2 heterocycles. The molecule has 0 radical (unpaired) electrons. The Hall–Kier alpha value is -2.49. The van der Waals surface area contributed by atoms with Crippen LogP contribution >= 0.6 is 0 Å². The van der Waals surface area contributed by atoms with Crippen LogP contribution in [0, 0.1) is 6.92 Å². The number of pyridine rings is 1. The Morgan fingerprint density at radius 3 is 2.95 bits per heavy atom. The number of fused-ring (bicyclic) bond motifs is 1. The summed E-state index contributed by atoms with van der Waals surface area (Å²) >= 11 is 0. The minimum absolute atomic E-state index is 0.646. The molecule has 0 aliphatic rings. The zero-order valence-corrected chi connectivity index (χ0v) is 10.7. The fraction of sp³-hybridized carbons (Fsp3) is 0.133. The molecule has 0 fully saturated rings. The van der Waals surface area contributed by atoms with Crippen molar-refractivity contribution in [1.29, 1.82) is 0 Å². The van der Waals surface area contributed by atoms with Crippen molar-refractivity contribution in [2.24, 2.45) is 0 Å². The largest absolute Gasteiger partial charge is 0.467 e. The summed E-state index contributed by atoms with van der Waals surface area (Å²) in [6.45, 7) is 2.62. The van der Waals surface area contributed by atoms with Crippen molar-refractivity contribution in [2.45, 2.75) is 13.5 Å². The summed E-state index contributed by atoms with van der Waals surface area (Å²) in [7, 11) is 0. The van der Waals surface area contributed by atoms with Gasteiger partial charge in [0.2, 0.25) is 0 Å². The predicted octanol–water partition coefficient (Wildman–Crippen LogP) is 3.33. The minimum atomic E-state index is 0.646. The molecular weight excluding hydrogens is 238 g/mol. The number of furan rings is 1. The van der Waals surface area contributed by atoms with E-state index in [-0.39, 0.29) is 0 Å². The number of nitrogens with zero attached hydrogens (tertiary/aromatic N) is 1. The second-order valence-electron chi connectivity index (χ2n) is 4.51. The van der Waals surface area contributed by atoms with Crippen LogP contribution in [0.2, 0.25) is 0 Å². The van der Waals surface area contributed by atoms with Gasteiger partial charge in [-0.15, -0.1) is 0 Å². The van der Waals surface area contributed by atoms with Gasteiger partial charge < -0.3 is 15.5 Å². The van der Waals surface area contributed by atoms with Gasteiger partial charge in [0.25, 0.3) is 0 Å². The summed E-state index contributed by atoms with van der Waals surface area (Å²) in [5, 5.41) is 5.42. The van der Waals surface area contributed by atoms with E-state index in [0.29, 0.717) is 6.54 Å². The van der Waals surface area contributed by atoms with Crippen molar-refractivity contribution in [3.05, 3.63) is 54.2 Å². The van der Waals surface area contributed by atoms with E-state index in [1.807, 2.05) is 43.5 Å². The second-order valence-corrected chi connectivity index (χ2v) is 4.51. The van der Waals surface area contributed by atoms with Gasteiger partial charge in [0.05, 0.1) is 12.8 Å². The lowest BCUT2D eigenvalue weighted by Gasteiger charge is -2.10. The lowest BCUT2D eigenvalue weighted by Crippen LogP contribution is -2.00. The van der Waals surface area contributed by atoms with Gasteiger partial charge in [-0.3, -0.25) is 4.98 Å². The molecule has 0 amide bonds. The highest BCUT2D eigenvalue weighted by Gasteiger charge is 2.05. The highest BCUT2D eigenvalue weighted by atomic mass is 16.3. The first kappa shape index (κ1) is 11.6. The molecule has 4 nitrogen and oxygen atoms in total. The molecule has 3 aromatic rings. The number of anilines is 2. The van der Waals surface area contributed by atoms with E-state index >= 15 is 0 Å². The molecule has 0 saturated carbocycles. The fourth-order valence-corrected chi connectivity index (χ4v) is 2.12. The quantitative estimate of drug-likeness (QED) is 0.703. The van der Waals surface area contributed by atoms with E-state index in [1.165, 1.54) is 0 Å². The van der Waals surface area contributed by atoms with Crippen LogP contribution in [-0.4, -0.2) is 4.98 Å². The van der Waals surface area contributed by atoms with Gasteiger partial charge in [0.1, 0.15) is 5.76 Å². The monoisotopic (exact) mass is 253 g/mol. The summed E-state index contributed by atoms with van der Waals surface area (Å²) in [6, 6.07) is 9.74. The topological polar surface area (TPSA) is 64.1 Å². The Bertz CT molecular complexity index is 705. The SMILES string of the molecule is Cc1cc2c(NCc3ccco3)ccc(N)c2cn1. The summed E-state index contributed by atoms with van der Waals surface area (Å²) in [5.74, 6) is 0.899. The summed E-state index contributed by atoms with van der Waals surface area (Å²) in [6.07, 6.45) is 3.49. The van der Waals surface area contributed by atoms with Crippen LogP contribution in [0.5, 0.6) is 0 Å². The Morgan fingerprint density at radius 2 is 2.16 bits per heavy atom. The highest BCUT2D eigenvalue weighted by Crippen LogP contribution is 2.28. The standard InChI is InChI=1S/C15H15N3O/c1-10-7-12-13(9-17-10)14(16)4-5-15(12)18-8-11-3-2-6-19-11/h2-7,9,18H,8,16H2,1H3. The molecule has 0 bridgehead atoms. The minimum Gasteiger partial charge on any atom is -0.467 e. The lowest BCUT2D eigenvalue weighted by atomic mass is 10.1. The number of nitrogens with two attached hydrogens (primary N) is 1.